The zero-order valence-corrected chi connectivity index (χ0v) is 16.6. The minimum absolute atomic E-state index is 0.0589. The molecule has 2 rings (SSSR count). The highest BCUT2D eigenvalue weighted by Gasteiger charge is 2.26. The van der Waals surface area contributed by atoms with E-state index >= 15 is 0 Å². The van der Waals surface area contributed by atoms with Crippen LogP contribution >= 0.6 is 33.2 Å². The number of ketones is 1. The van der Waals surface area contributed by atoms with Gasteiger partial charge < -0.3 is 9.16 Å². The maximum Gasteiger partial charge on any atom is 0.493 e. The predicted molar refractivity (Wildman–Crippen MR) is 106 cm³/mol. The van der Waals surface area contributed by atoms with Gasteiger partial charge in [0.1, 0.15) is 5.75 Å². The summed E-state index contributed by atoms with van der Waals surface area (Å²) in [5.74, 6) is 0.617. The smallest absolute Gasteiger partial charge is 0.493 e. The summed E-state index contributed by atoms with van der Waals surface area (Å²) in [4.78, 5) is 12.1. The van der Waals surface area contributed by atoms with Gasteiger partial charge in [-0.25, -0.2) is 0 Å². The van der Waals surface area contributed by atoms with E-state index in [1.54, 1.807) is 36.4 Å². The number of hydrogen-bond donors (Lipinski definition) is 0. The van der Waals surface area contributed by atoms with Crippen molar-refractivity contribution in [2.24, 2.45) is 0 Å². The third kappa shape index (κ3) is 8.08. The van der Waals surface area contributed by atoms with Crippen molar-refractivity contribution >= 4 is 51.3 Å². The van der Waals surface area contributed by atoms with E-state index in [0.29, 0.717) is 30.9 Å². The third-order valence-electron chi connectivity index (χ3n) is 3.19. The van der Waals surface area contributed by atoms with Gasteiger partial charge in [-0.2, -0.15) is 0 Å². The Morgan fingerprint density at radius 1 is 0.960 bits per heavy atom. The second kappa shape index (κ2) is 9.99. The van der Waals surface area contributed by atoms with E-state index in [2.05, 4.69) is 0 Å². The van der Waals surface area contributed by atoms with Gasteiger partial charge in [0.2, 0.25) is 0 Å². The van der Waals surface area contributed by atoms with Crippen molar-refractivity contribution < 1.29 is 14.0 Å². The highest BCUT2D eigenvalue weighted by atomic mass is 35.8. The molecular formula is C18H17Cl3O3Si. The lowest BCUT2D eigenvalue weighted by atomic mass is 10.1. The third-order valence-corrected chi connectivity index (χ3v) is 4.70. The molecule has 0 saturated carbocycles. The number of allylic oxidation sites excluding steroid dienone is 1. The molecule has 2 aromatic carbocycles. The Labute approximate surface area is 162 Å². The quantitative estimate of drug-likeness (QED) is 0.178. The van der Waals surface area contributed by atoms with Crippen molar-refractivity contribution in [2.45, 2.75) is 6.42 Å². The molecule has 0 atom stereocenters. The summed E-state index contributed by atoms with van der Waals surface area (Å²) < 4.78 is 10.6. The van der Waals surface area contributed by atoms with Crippen molar-refractivity contribution in [3.05, 3.63) is 71.8 Å². The maximum atomic E-state index is 12.1. The number of hydrogen-bond acceptors (Lipinski definition) is 3. The van der Waals surface area contributed by atoms with E-state index < -0.39 is 6.25 Å². The van der Waals surface area contributed by atoms with Crippen LogP contribution in [-0.4, -0.2) is 25.2 Å². The Morgan fingerprint density at radius 3 is 2.28 bits per heavy atom. The Kier molecular flexibility index (Phi) is 8.00. The zero-order chi connectivity index (χ0) is 18.1. The first-order chi connectivity index (χ1) is 11.9. The first-order valence-corrected chi connectivity index (χ1v) is 12.6. The van der Waals surface area contributed by atoms with Crippen molar-refractivity contribution in [3.63, 3.8) is 0 Å². The fraction of sp³-hybridized carbons (Fsp3) is 0.167. The van der Waals surface area contributed by atoms with Gasteiger partial charge in [-0.15, -0.1) is 0 Å². The number of carbonyl (C=O) groups is 1. The van der Waals surface area contributed by atoms with E-state index in [9.17, 15) is 4.79 Å². The molecule has 0 fully saturated rings. The van der Waals surface area contributed by atoms with Crippen LogP contribution in [0.1, 0.15) is 22.3 Å². The lowest BCUT2D eigenvalue weighted by molar-refractivity contribution is 0.104. The topological polar surface area (TPSA) is 35.5 Å². The average Bonchev–Trinajstić information content (AvgIpc) is 2.60. The van der Waals surface area contributed by atoms with Crippen molar-refractivity contribution in [3.8, 4) is 5.75 Å². The van der Waals surface area contributed by atoms with Gasteiger partial charge >= 0.3 is 6.25 Å². The summed E-state index contributed by atoms with van der Waals surface area (Å²) in [6.45, 7) is 0.778. The van der Waals surface area contributed by atoms with Crippen LogP contribution < -0.4 is 4.74 Å². The van der Waals surface area contributed by atoms with E-state index in [1.807, 2.05) is 30.3 Å². The molecule has 0 saturated heterocycles. The van der Waals surface area contributed by atoms with Gasteiger partial charge in [0, 0.05) is 18.6 Å². The fourth-order valence-electron chi connectivity index (χ4n) is 1.98. The number of carbonyl (C=O) groups excluding carboxylic acids is 1. The minimum atomic E-state index is -3.02. The van der Waals surface area contributed by atoms with Crippen LogP contribution in [0, 0.1) is 0 Å². The average molecular weight is 416 g/mol. The van der Waals surface area contributed by atoms with Gasteiger partial charge in [0.05, 0.1) is 6.61 Å². The van der Waals surface area contributed by atoms with E-state index in [0.717, 1.165) is 5.56 Å². The second-order valence-corrected chi connectivity index (χ2v) is 12.8. The SMILES string of the molecule is O=C(C=Cc1ccccc1)c1ccc(OCCCO[Si](Cl)(Cl)Cl)cc1. The van der Waals surface area contributed by atoms with E-state index in [1.165, 1.54) is 0 Å². The number of ether oxygens (including phenoxy) is 1. The summed E-state index contributed by atoms with van der Waals surface area (Å²) in [6, 6.07) is 16.7. The van der Waals surface area contributed by atoms with Gasteiger partial charge in [0.15, 0.2) is 5.78 Å². The molecule has 0 N–H and O–H groups in total. The summed E-state index contributed by atoms with van der Waals surface area (Å²) in [5, 5.41) is 0. The minimum Gasteiger partial charge on any atom is -0.494 e. The van der Waals surface area contributed by atoms with Crippen molar-refractivity contribution in [1.29, 1.82) is 0 Å². The maximum absolute atomic E-state index is 12.1. The molecule has 25 heavy (non-hydrogen) atoms. The lowest BCUT2D eigenvalue weighted by Crippen LogP contribution is -2.18. The van der Waals surface area contributed by atoms with Gasteiger partial charge in [0.25, 0.3) is 0 Å². The standard InChI is InChI=1S/C18H17Cl3O3Si/c19-25(20,21)24-14-4-13-23-17-10-8-16(9-11-17)18(22)12-7-15-5-2-1-3-6-15/h1-3,5-12H,4,13-14H2. The summed E-state index contributed by atoms with van der Waals surface area (Å²) in [7, 11) is 0. The monoisotopic (exact) mass is 414 g/mol. The molecular weight excluding hydrogens is 399 g/mol. The second-order valence-electron chi connectivity index (χ2n) is 5.13. The van der Waals surface area contributed by atoms with Crippen molar-refractivity contribution in [2.75, 3.05) is 13.2 Å². The van der Waals surface area contributed by atoms with E-state index in [4.69, 9.17) is 42.4 Å². The molecule has 0 spiro atoms. The van der Waals surface area contributed by atoms with Crippen LogP contribution in [0.4, 0.5) is 0 Å². The van der Waals surface area contributed by atoms with Gasteiger partial charge in [-0.3, -0.25) is 4.79 Å². The van der Waals surface area contributed by atoms with E-state index in [-0.39, 0.29) is 5.78 Å². The van der Waals surface area contributed by atoms with Gasteiger partial charge in [-0.1, -0.05) is 69.6 Å². The van der Waals surface area contributed by atoms with Crippen LogP contribution in [0.3, 0.4) is 0 Å². The summed E-state index contributed by atoms with van der Waals surface area (Å²) in [6.07, 6.45) is 0.942. The summed E-state index contributed by atoms with van der Waals surface area (Å²) in [5.41, 5.74) is 1.58. The molecule has 132 valence electrons. The number of benzene rings is 2. The zero-order valence-electron chi connectivity index (χ0n) is 13.3. The number of rotatable bonds is 9. The molecule has 0 aliphatic carbocycles. The molecule has 0 heterocycles. The fourth-order valence-corrected chi connectivity index (χ4v) is 3.05. The Hall–Kier alpha value is -1.30. The Morgan fingerprint density at radius 2 is 1.64 bits per heavy atom. The summed E-state index contributed by atoms with van der Waals surface area (Å²) >= 11 is 16.8. The van der Waals surface area contributed by atoms with Crippen molar-refractivity contribution in [1.82, 2.24) is 0 Å². The van der Waals surface area contributed by atoms with Crippen LogP contribution in [0.25, 0.3) is 6.08 Å². The molecule has 0 aliphatic rings. The molecule has 0 bridgehead atoms. The molecule has 3 nitrogen and oxygen atoms in total. The molecule has 0 aromatic heterocycles. The van der Waals surface area contributed by atoms with Crippen LogP contribution in [0.5, 0.6) is 5.75 Å². The molecule has 2 aromatic rings. The molecule has 0 radical (unpaired) electrons. The Balaban J connectivity index is 1.79. The lowest BCUT2D eigenvalue weighted by Gasteiger charge is -2.10. The van der Waals surface area contributed by atoms with Crippen LogP contribution in [0.15, 0.2) is 60.7 Å². The number of halogens is 3. The van der Waals surface area contributed by atoms with Crippen LogP contribution in [-0.2, 0) is 4.43 Å². The predicted octanol–water partition coefficient (Wildman–Crippen LogP) is 5.52. The van der Waals surface area contributed by atoms with Gasteiger partial charge in [-0.05, 0) is 35.9 Å². The normalized spacial score (nSPS) is 11.6. The molecule has 0 amide bonds. The molecule has 7 heteroatoms. The first-order valence-electron chi connectivity index (χ1n) is 7.65. The first kappa shape index (κ1) is 20.0. The molecule has 0 unspecified atom stereocenters. The largest absolute Gasteiger partial charge is 0.494 e. The molecule has 0 aliphatic heterocycles. The Bertz CT molecular complexity index is 698. The highest BCUT2D eigenvalue weighted by Crippen LogP contribution is 2.21. The highest BCUT2D eigenvalue weighted by molar-refractivity contribution is 7.62. The van der Waals surface area contributed by atoms with Crippen LogP contribution in [0.2, 0.25) is 0 Å².